The maximum absolute atomic E-state index is 12.6. The fourth-order valence-electron chi connectivity index (χ4n) is 2.63. The highest BCUT2D eigenvalue weighted by atomic mass is 19.4. The number of hydrogen-bond acceptors (Lipinski definition) is 4. The maximum Gasteiger partial charge on any atom is 0.433 e. The first-order valence-electron chi connectivity index (χ1n) is 6.01. The van der Waals surface area contributed by atoms with Crippen LogP contribution in [0.15, 0.2) is 12.1 Å². The van der Waals surface area contributed by atoms with E-state index in [2.05, 4.69) is 10.3 Å². The first kappa shape index (κ1) is 12.7. The summed E-state index contributed by atoms with van der Waals surface area (Å²) in [6, 6.07) is 2.27. The summed E-state index contributed by atoms with van der Waals surface area (Å²) in [6.45, 7) is 0.740. The summed E-state index contributed by atoms with van der Waals surface area (Å²) < 4.78 is 48.7. The number of nitrogens with zero attached hydrogens (tertiary/aromatic N) is 1. The molecular weight excluding hydrogens is 261 g/mol. The molecule has 0 spiro atoms. The molecule has 3 atom stereocenters. The van der Waals surface area contributed by atoms with E-state index in [4.69, 9.17) is 9.47 Å². The zero-order valence-corrected chi connectivity index (χ0v) is 10.2. The Morgan fingerprint density at radius 1 is 1.42 bits per heavy atom. The topological polar surface area (TPSA) is 43.4 Å². The summed E-state index contributed by atoms with van der Waals surface area (Å²) in [5, 5.41) is 3.23. The van der Waals surface area contributed by atoms with Crippen LogP contribution in [-0.2, 0) is 10.9 Å². The lowest BCUT2D eigenvalue weighted by Gasteiger charge is -2.32. The van der Waals surface area contributed by atoms with Gasteiger partial charge in [-0.3, -0.25) is 0 Å². The highest BCUT2D eigenvalue weighted by molar-refractivity contribution is 5.38. The van der Waals surface area contributed by atoms with Crippen LogP contribution in [0.1, 0.15) is 23.7 Å². The number of ether oxygens (including phenoxy) is 2. The van der Waals surface area contributed by atoms with Gasteiger partial charge >= 0.3 is 6.18 Å². The molecule has 104 valence electrons. The van der Waals surface area contributed by atoms with E-state index in [1.54, 1.807) is 7.11 Å². The monoisotopic (exact) mass is 274 g/mol. The SMILES string of the molecule is CO[C@H]1CCN[C@H]2c3ccc(C(F)(F)F)nc3O[C@@H]12. The minimum Gasteiger partial charge on any atom is -0.469 e. The molecule has 0 radical (unpaired) electrons. The van der Waals surface area contributed by atoms with Gasteiger partial charge in [-0.2, -0.15) is 13.2 Å². The van der Waals surface area contributed by atoms with Crippen molar-refractivity contribution in [2.45, 2.75) is 30.8 Å². The fourth-order valence-corrected chi connectivity index (χ4v) is 2.63. The van der Waals surface area contributed by atoms with Crippen molar-refractivity contribution in [3.8, 4) is 5.88 Å². The zero-order valence-electron chi connectivity index (χ0n) is 10.2. The number of pyridine rings is 1. The molecule has 1 aromatic rings. The first-order chi connectivity index (χ1) is 9.00. The Kier molecular flexibility index (Phi) is 2.90. The number of methoxy groups -OCH3 is 1. The van der Waals surface area contributed by atoms with Crippen LogP contribution in [0.4, 0.5) is 13.2 Å². The van der Waals surface area contributed by atoms with E-state index in [9.17, 15) is 13.2 Å². The van der Waals surface area contributed by atoms with E-state index in [1.807, 2.05) is 0 Å². The Bertz CT molecular complexity index is 492. The first-order valence-corrected chi connectivity index (χ1v) is 6.01. The predicted molar refractivity (Wildman–Crippen MR) is 59.8 cm³/mol. The van der Waals surface area contributed by atoms with E-state index in [-0.39, 0.29) is 24.1 Å². The third-order valence-electron chi connectivity index (χ3n) is 3.55. The van der Waals surface area contributed by atoms with Gasteiger partial charge in [-0.05, 0) is 25.1 Å². The number of rotatable bonds is 1. The van der Waals surface area contributed by atoms with Crippen LogP contribution in [0, 0.1) is 0 Å². The van der Waals surface area contributed by atoms with E-state index in [1.165, 1.54) is 6.07 Å². The van der Waals surface area contributed by atoms with Gasteiger partial charge in [0, 0.05) is 12.7 Å². The quantitative estimate of drug-likeness (QED) is 0.849. The van der Waals surface area contributed by atoms with Crippen molar-refractivity contribution in [3.05, 3.63) is 23.4 Å². The zero-order chi connectivity index (χ0) is 13.6. The molecule has 0 aromatic carbocycles. The number of halogens is 3. The van der Waals surface area contributed by atoms with Gasteiger partial charge in [-0.1, -0.05) is 0 Å². The fraction of sp³-hybridized carbons (Fsp3) is 0.583. The van der Waals surface area contributed by atoms with Crippen molar-refractivity contribution < 1.29 is 22.6 Å². The summed E-state index contributed by atoms with van der Waals surface area (Å²) in [7, 11) is 1.58. The Morgan fingerprint density at radius 2 is 2.21 bits per heavy atom. The maximum atomic E-state index is 12.6. The van der Waals surface area contributed by atoms with Gasteiger partial charge in [0.15, 0.2) is 0 Å². The van der Waals surface area contributed by atoms with Crippen molar-refractivity contribution in [3.63, 3.8) is 0 Å². The van der Waals surface area contributed by atoms with Crippen LogP contribution in [0.3, 0.4) is 0 Å². The standard InChI is InChI=1S/C12H13F3N2O2/c1-18-7-4-5-16-9-6-2-3-8(12(13,14)15)17-11(6)19-10(7)9/h2-3,7,9-10,16H,4-5H2,1H3/t7-,9-,10-/m0/s1. The molecule has 3 heterocycles. The molecule has 1 saturated heterocycles. The Morgan fingerprint density at radius 3 is 2.89 bits per heavy atom. The van der Waals surface area contributed by atoms with Crippen molar-refractivity contribution in [2.75, 3.05) is 13.7 Å². The smallest absolute Gasteiger partial charge is 0.433 e. The van der Waals surface area contributed by atoms with Gasteiger partial charge in [0.2, 0.25) is 5.88 Å². The second kappa shape index (κ2) is 4.35. The third kappa shape index (κ3) is 2.06. The number of hydrogen-bond donors (Lipinski definition) is 1. The van der Waals surface area contributed by atoms with Crippen molar-refractivity contribution in [2.24, 2.45) is 0 Å². The van der Waals surface area contributed by atoms with Gasteiger partial charge < -0.3 is 14.8 Å². The van der Waals surface area contributed by atoms with Crippen molar-refractivity contribution >= 4 is 0 Å². The van der Waals surface area contributed by atoms with Crippen molar-refractivity contribution in [1.82, 2.24) is 10.3 Å². The molecule has 0 amide bonds. The lowest BCUT2D eigenvalue weighted by atomic mass is 9.95. The Balaban J connectivity index is 1.94. The number of alkyl halides is 3. The molecular formula is C12H13F3N2O2. The van der Waals surface area contributed by atoms with Crippen LogP contribution in [0.2, 0.25) is 0 Å². The second-order valence-corrected chi connectivity index (χ2v) is 4.67. The third-order valence-corrected chi connectivity index (χ3v) is 3.55. The van der Waals surface area contributed by atoms with E-state index in [0.29, 0.717) is 5.56 Å². The highest BCUT2D eigenvalue weighted by Gasteiger charge is 2.44. The normalized spacial score (nSPS) is 29.6. The van der Waals surface area contributed by atoms with Crippen LogP contribution in [0.5, 0.6) is 5.88 Å². The molecule has 2 aliphatic rings. The van der Waals surface area contributed by atoms with Crippen LogP contribution < -0.4 is 10.1 Å². The van der Waals surface area contributed by atoms with Crippen molar-refractivity contribution in [1.29, 1.82) is 0 Å². The van der Waals surface area contributed by atoms with E-state index < -0.39 is 11.9 Å². The largest absolute Gasteiger partial charge is 0.469 e. The van der Waals surface area contributed by atoms with E-state index in [0.717, 1.165) is 19.0 Å². The number of piperidine rings is 1. The van der Waals surface area contributed by atoms with Gasteiger partial charge in [0.25, 0.3) is 0 Å². The average molecular weight is 274 g/mol. The number of nitrogens with one attached hydrogen (secondary N) is 1. The summed E-state index contributed by atoms with van der Waals surface area (Å²) in [6.07, 6.45) is -4.14. The lowest BCUT2D eigenvalue weighted by Crippen LogP contribution is -2.47. The molecule has 4 nitrogen and oxygen atoms in total. The summed E-state index contributed by atoms with van der Waals surface area (Å²) >= 11 is 0. The highest BCUT2D eigenvalue weighted by Crippen LogP contribution is 2.41. The van der Waals surface area contributed by atoms with E-state index >= 15 is 0 Å². The molecule has 3 rings (SSSR count). The molecule has 0 bridgehead atoms. The van der Waals surface area contributed by atoms with Crippen LogP contribution in [0.25, 0.3) is 0 Å². The van der Waals surface area contributed by atoms with Gasteiger partial charge in [-0.15, -0.1) is 0 Å². The van der Waals surface area contributed by atoms with Gasteiger partial charge in [-0.25, -0.2) is 4.98 Å². The van der Waals surface area contributed by atoms with Crippen LogP contribution >= 0.6 is 0 Å². The molecule has 7 heteroatoms. The summed E-state index contributed by atoms with van der Waals surface area (Å²) in [5.41, 5.74) is -0.265. The Labute approximate surface area is 107 Å². The average Bonchev–Trinajstić information content (AvgIpc) is 2.75. The molecule has 19 heavy (non-hydrogen) atoms. The molecule has 1 fully saturated rings. The molecule has 2 aliphatic heterocycles. The lowest BCUT2D eigenvalue weighted by molar-refractivity contribution is -0.141. The molecule has 0 unspecified atom stereocenters. The van der Waals surface area contributed by atoms with Gasteiger partial charge in [0.1, 0.15) is 11.8 Å². The minimum absolute atomic E-state index is 0.0567. The molecule has 1 N–H and O–H groups in total. The molecule has 0 saturated carbocycles. The number of aromatic nitrogens is 1. The summed E-state index contributed by atoms with van der Waals surface area (Å²) in [4.78, 5) is 3.57. The molecule has 1 aromatic heterocycles. The second-order valence-electron chi connectivity index (χ2n) is 4.67. The number of fused-ring (bicyclic) bond motifs is 3. The minimum atomic E-state index is -4.46. The van der Waals surface area contributed by atoms with Crippen LogP contribution in [-0.4, -0.2) is 30.8 Å². The predicted octanol–water partition coefficient (Wildman–Crippen LogP) is 1.91. The molecule has 0 aliphatic carbocycles. The summed E-state index contributed by atoms with van der Waals surface area (Å²) in [5.74, 6) is 0.0567. The van der Waals surface area contributed by atoms with Gasteiger partial charge in [0.05, 0.1) is 12.1 Å². The Hall–Kier alpha value is -1.34.